The molecule has 0 amide bonds. The van der Waals surface area contributed by atoms with E-state index in [1.165, 1.54) is 0 Å². The number of ether oxygens (including phenoxy) is 2. The van der Waals surface area contributed by atoms with E-state index in [-0.39, 0.29) is 11.5 Å². The van der Waals surface area contributed by atoms with Gasteiger partial charge in [0.2, 0.25) is 0 Å². The zero-order chi connectivity index (χ0) is 16.4. The summed E-state index contributed by atoms with van der Waals surface area (Å²) in [4.78, 5) is 10.8. The van der Waals surface area contributed by atoms with Crippen LogP contribution in [-0.2, 0) is 4.79 Å². The molecule has 0 saturated carbocycles. The van der Waals surface area contributed by atoms with Gasteiger partial charge in [-0.2, -0.15) is 22.0 Å². The number of hydrogen-bond acceptors (Lipinski definition) is 4. The number of carbonyl (C=O) groups is 1. The molecule has 0 unspecified atom stereocenters. The molecule has 21 heavy (non-hydrogen) atoms. The second-order valence-corrected chi connectivity index (χ2v) is 4.10. The summed E-state index contributed by atoms with van der Waals surface area (Å²) in [5, 5.41) is 0. The van der Waals surface area contributed by atoms with E-state index in [4.69, 9.17) is 15.2 Å². The smallest absolute Gasteiger partial charge is 0.455 e. The molecule has 0 aliphatic carbocycles. The number of carbonyl (C=O) groups excluding carboxylic acids is 1. The highest BCUT2D eigenvalue weighted by Crippen LogP contribution is 2.44. The van der Waals surface area contributed by atoms with Gasteiger partial charge >= 0.3 is 18.1 Å². The molecule has 1 aromatic carbocycles. The Morgan fingerprint density at radius 2 is 1.76 bits per heavy atom. The number of alkyl halides is 5. The maximum atomic E-state index is 13.2. The van der Waals surface area contributed by atoms with Gasteiger partial charge in [-0.25, -0.2) is 0 Å². The van der Waals surface area contributed by atoms with Gasteiger partial charge in [0.1, 0.15) is 6.04 Å². The normalized spacial score (nSPS) is 13.7. The molecule has 0 heterocycles. The van der Waals surface area contributed by atoms with E-state index in [0.717, 1.165) is 32.2 Å². The lowest BCUT2D eigenvalue weighted by molar-refractivity contribution is -0.291. The molecule has 118 valence electrons. The molecular formula is C12H12F5NO3. The van der Waals surface area contributed by atoms with Crippen LogP contribution in [0.15, 0.2) is 18.2 Å². The second kappa shape index (κ2) is 5.84. The van der Waals surface area contributed by atoms with Gasteiger partial charge in [0.05, 0.1) is 7.11 Å². The van der Waals surface area contributed by atoms with E-state index in [1.54, 1.807) is 0 Å². The van der Waals surface area contributed by atoms with Gasteiger partial charge in [-0.3, -0.25) is 4.79 Å². The van der Waals surface area contributed by atoms with Gasteiger partial charge in [-0.15, -0.1) is 0 Å². The van der Waals surface area contributed by atoms with E-state index < -0.39 is 29.7 Å². The quantitative estimate of drug-likeness (QED) is 0.527. The maximum Gasteiger partial charge on any atom is 0.455 e. The van der Waals surface area contributed by atoms with Crippen LogP contribution in [0.3, 0.4) is 0 Å². The molecule has 4 nitrogen and oxygen atoms in total. The van der Waals surface area contributed by atoms with Crippen molar-refractivity contribution in [3.8, 4) is 11.5 Å². The van der Waals surface area contributed by atoms with Crippen molar-refractivity contribution in [2.75, 3.05) is 7.11 Å². The zero-order valence-corrected chi connectivity index (χ0v) is 11.0. The standard InChI is InChI=1S/C12H12F5NO3/c1-6(19)21-8-4-3-7(5-9(8)20-2)10(18)11(13,14)12(15,16)17/h3-5,10H,18H2,1-2H3/t10-/m0/s1. The van der Waals surface area contributed by atoms with Gasteiger partial charge in [0, 0.05) is 6.92 Å². The summed E-state index contributed by atoms with van der Waals surface area (Å²) in [6.45, 7) is 1.09. The van der Waals surface area contributed by atoms with Crippen molar-refractivity contribution in [3.63, 3.8) is 0 Å². The molecule has 1 rings (SSSR count). The first-order valence-electron chi connectivity index (χ1n) is 5.57. The summed E-state index contributed by atoms with van der Waals surface area (Å²) in [6, 6.07) is 0.188. The maximum absolute atomic E-state index is 13.2. The van der Waals surface area contributed by atoms with Crippen LogP contribution in [0, 0.1) is 0 Å². The van der Waals surface area contributed by atoms with Crippen molar-refractivity contribution >= 4 is 5.97 Å². The van der Waals surface area contributed by atoms with E-state index in [0.29, 0.717) is 0 Å². The van der Waals surface area contributed by atoms with Gasteiger partial charge in [-0.1, -0.05) is 6.07 Å². The van der Waals surface area contributed by atoms with Gasteiger partial charge in [0.25, 0.3) is 0 Å². The summed E-state index contributed by atoms with van der Waals surface area (Å²) in [5.41, 5.74) is 4.49. The molecule has 0 aliphatic heterocycles. The molecule has 0 fully saturated rings. The molecule has 1 aromatic rings. The van der Waals surface area contributed by atoms with Crippen molar-refractivity contribution in [2.24, 2.45) is 5.73 Å². The highest BCUT2D eigenvalue weighted by Gasteiger charge is 2.61. The molecule has 2 N–H and O–H groups in total. The lowest BCUT2D eigenvalue weighted by atomic mass is 10.0. The molecule has 0 bridgehead atoms. The molecule has 1 atom stereocenters. The Labute approximate surface area is 116 Å². The van der Waals surface area contributed by atoms with Crippen LogP contribution in [0.5, 0.6) is 11.5 Å². The van der Waals surface area contributed by atoms with Crippen LogP contribution in [0.1, 0.15) is 18.5 Å². The number of methoxy groups -OCH3 is 1. The Balaban J connectivity index is 3.18. The SMILES string of the molecule is COc1cc([C@H](N)C(F)(F)C(F)(F)F)ccc1OC(C)=O. The lowest BCUT2D eigenvalue weighted by Crippen LogP contribution is -2.45. The molecule has 9 heteroatoms. The number of nitrogens with two attached hydrogens (primary N) is 1. The Bertz CT molecular complexity index is 530. The number of hydrogen-bond donors (Lipinski definition) is 1. The largest absolute Gasteiger partial charge is 0.493 e. The third-order valence-electron chi connectivity index (χ3n) is 2.57. The molecular weight excluding hydrogens is 301 g/mol. The fraction of sp³-hybridized carbons (Fsp3) is 0.417. The van der Waals surface area contributed by atoms with Crippen LogP contribution >= 0.6 is 0 Å². The van der Waals surface area contributed by atoms with Crippen LogP contribution < -0.4 is 15.2 Å². The zero-order valence-electron chi connectivity index (χ0n) is 11.0. The molecule has 0 spiro atoms. The van der Waals surface area contributed by atoms with Crippen LogP contribution in [0.4, 0.5) is 22.0 Å². The van der Waals surface area contributed by atoms with Gasteiger partial charge < -0.3 is 15.2 Å². The first-order chi connectivity index (χ1) is 9.50. The van der Waals surface area contributed by atoms with Crippen molar-refractivity contribution < 1.29 is 36.2 Å². The summed E-state index contributed by atoms with van der Waals surface area (Å²) >= 11 is 0. The number of esters is 1. The van der Waals surface area contributed by atoms with Crippen LogP contribution in [-0.4, -0.2) is 25.2 Å². The van der Waals surface area contributed by atoms with Crippen LogP contribution in [0.25, 0.3) is 0 Å². The minimum atomic E-state index is -5.78. The highest BCUT2D eigenvalue weighted by molar-refractivity contribution is 5.70. The predicted octanol–water partition coefficient (Wildman–Crippen LogP) is 2.82. The molecule has 0 saturated heterocycles. The highest BCUT2D eigenvalue weighted by atomic mass is 19.4. The van der Waals surface area contributed by atoms with E-state index in [1.807, 2.05) is 0 Å². The van der Waals surface area contributed by atoms with Gasteiger partial charge in [0.15, 0.2) is 11.5 Å². The fourth-order valence-electron chi connectivity index (χ4n) is 1.50. The monoisotopic (exact) mass is 313 g/mol. The second-order valence-electron chi connectivity index (χ2n) is 4.10. The van der Waals surface area contributed by atoms with Crippen molar-refractivity contribution in [3.05, 3.63) is 23.8 Å². The predicted molar refractivity (Wildman–Crippen MR) is 62.2 cm³/mol. The molecule has 0 aromatic heterocycles. The summed E-state index contributed by atoms with van der Waals surface area (Å²) in [7, 11) is 1.14. The Morgan fingerprint density at radius 3 is 2.19 bits per heavy atom. The minimum absolute atomic E-state index is 0.115. The number of halogens is 5. The third kappa shape index (κ3) is 3.60. The average molecular weight is 313 g/mol. The number of benzene rings is 1. The summed E-state index contributed by atoms with van der Waals surface area (Å²) < 4.78 is 72.7. The van der Waals surface area contributed by atoms with E-state index in [2.05, 4.69) is 0 Å². The third-order valence-corrected chi connectivity index (χ3v) is 2.57. The van der Waals surface area contributed by atoms with Crippen molar-refractivity contribution in [2.45, 2.75) is 25.1 Å². The minimum Gasteiger partial charge on any atom is -0.493 e. The van der Waals surface area contributed by atoms with Gasteiger partial charge in [-0.05, 0) is 17.7 Å². The Hall–Kier alpha value is -1.90. The van der Waals surface area contributed by atoms with Crippen molar-refractivity contribution in [1.82, 2.24) is 0 Å². The summed E-state index contributed by atoms with van der Waals surface area (Å²) in [6.07, 6.45) is -5.78. The molecule has 0 aliphatic rings. The lowest BCUT2D eigenvalue weighted by Gasteiger charge is -2.26. The first kappa shape index (κ1) is 17.2. The molecule has 0 radical (unpaired) electrons. The van der Waals surface area contributed by atoms with Crippen molar-refractivity contribution in [1.29, 1.82) is 0 Å². The van der Waals surface area contributed by atoms with Crippen LogP contribution in [0.2, 0.25) is 0 Å². The number of rotatable bonds is 4. The average Bonchev–Trinajstić information content (AvgIpc) is 2.36. The fourth-order valence-corrected chi connectivity index (χ4v) is 1.50. The van der Waals surface area contributed by atoms with E-state index >= 15 is 0 Å². The van der Waals surface area contributed by atoms with E-state index in [9.17, 15) is 26.7 Å². The Morgan fingerprint density at radius 1 is 1.19 bits per heavy atom. The first-order valence-corrected chi connectivity index (χ1v) is 5.57. The Kier molecular flexibility index (Phi) is 4.77. The topological polar surface area (TPSA) is 61.6 Å². The summed E-state index contributed by atoms with van der Waals surface area (Å²) in [5.74, 6) is -6.11.